The fourth-order valence-corrected chi connectivity index (χ4v) is 2.55. The molecular weight excluding hydrogens is 302 g/mol. The maximum Gasteiger partial charge on any atom is 0.333 e. The summed E-state index contributed by atoms with van der Waals surface area (Å²) in [5, 5.41) is 2.93. The number of rotatable bonds is 9. The number of hydrogen-bond acceptors (Lipinski definition) is 3. The molecule has 4 heteroatoms. The molecule has 0 fully saturated rings. The average molecular weight is 331 g/mol. The van der Waals surface area contributed by atoms with Crippen molar-refractivity contribution in [2.75, 3.05) is 13.2 Å². The van der Waals surface area contributed by atoms with E-state index >= 15 is 0 Å². The third kappa shape index (κ3) is 6.99. The maximum absolute atomic E-state index is 12.0. The van der Waals surface area contributed by atoms with Gasteiger partial charge in [-0.05, 0) is 50.7 Å². The molecule has 1 rings (SSSR count). The van der Waals surface area contributed by atoms with E-state index in [0.717, 1.165) is 18.4 Å². The van der Waals surface area contributed by atoms with Crippen LogP contribution in [0.3, 0.4) is 0 Å². The highest BCUT2D eigenvalue weighted by Crippen LogP contribution is 2.30. The van der Waals surface area contributed by atoms with Crippen LogP contribution >= 0.6 is 0 Å². The average Bonchev–Trinajstić information content (AvgIpc) is 2.51. The van der Waals surface area contributed by atoms with E-state index in [1.54, 1.807) is 6.92 Å². The molecule has 0 aliphatic heterocycles. The van der Waals surface area contributed by atoms with Gasteiger partial charge in [0.25, 0.3) is 5.91 Å². The van der Waals surface area contributed by atoms with Crippen molar-refractivity contribution in [1.82, 2.24) is 5.32 Å². The lowest BCUT2D eigenvalue weighted by atomic mass is 9.82. The van der Waals surface area contributed by atoms with Crippen molar-refractivity contribution in [3.63, 3.8) is 0 Å². The number of esters is 1. The Morgan fingerprint density at radius 1 is 1.21 bits per heavy atom. The Balaban J connectivity index is 2.35. The molecule has 0 saturated heterocycles. The first-order valence-electron chi connectivity index (χ1n) is 8.45. The Morgan fingerprint density at radius 3 is 2.42 bits per heavy atom. The molecule has 0 aliphatic carbocycles. The highest BCUT2D eigenvalue weighted by atomic mass is 16.5. The van der Waals surface area contributed by atoms with Crippen molar-refractivity contribution in [2.45, 2.75) is 47.0 Å². The molecule has 1 aromatic carbocycles. The second-order valence-electron chi connectivity index (χ2n) is 6.89. The predicted molar refractivity (Wildman–Crippen MR) is 96.9 cm³/mol. The lowest BCUT2D eigenvalue weighted by molar-refractivity contribution is -0.138. The monoisotopic (exact) mass is 331 g/mol. The van der Waals surface area contributed by atoms with E-state index in [1.807, 2.05) is 31.2 Å². The van der Waals surface area contributed by atoms with Gasteiger partial charge in [-0.15, -0.1) is 0 Å². The van der Waals surface area contributed by atoms with Gasteiger partial charge in [-0.1, -0.05) is 38.1 Å². The summed E-state index contributed by atoms with van der Waals surface area (Å²) in [5.41, 5.74) is 2.26. The molecule has 1 N–H and O–H groups in total. The number of benzene rings is 1. The van der Waals surface area contributed by atoms with Gasteiger partial charge in [0.2, 0.25) is 0 Å². The molecule has 132 valence electrons. The van der Waals surface area contributed by atoms with Gasteiger partial charge in [0.15, 0.2) is 0 Å². The van der Waals surface area contributed by atoms with Gasteiger partial charge in [0.05, 0.1) is 6.61 Å². The molecule has 0 unspecified atom stereocenters. The minimum atomic E-state index is -0.321. The number of ether oxygens (including phenoxy) is 1. The summed E-state index contributed by atoms with van der Waals surface area (Å²) in [6.07, 6.45) is 2.33. The van der Waals surface area contributed by atoms with Crippen molar-refractivity contribution in [3.05, 3.63) is 47.5 Å². The molecule has 4 nitrogen and oxygen atoms in total. The van der Waals surface area contributed by atoms with E-state index < -0.39 is 0 Å². The molecular formula is C20H29NO3. The Labute approximate surface area is 145 Å². The third-order valence-corrected chi connectivity index (χ3v) is 3.89. The van der Waals surface area contributed by atoms with Gasteiger partial charge in [0.1, 0.15) is 0 Å². The quantitative estimate of drug-likeness (QED) is 0.422. The lowest BCUT2D eigenvalue weighted by Gasteiger charge is -2.25. The molecule has 24 heavy (non-hydrogen) atoms. The molecule has 0 radical (unpaired) electrons. The standard InChI is InChI=1S/C20H29NO3/c1-6-24-19(23)16(3)14-20(4,5)12-7-13-21-18(22)17-10-8-15(2)9-11-17/h8-11H,3,6-7,12-14H2,1-2,4-5H3,(H,21,22). The van der Waals surface area contributed by atoms with Crippen LogP contribution in [0.1, 0.15) is 56.0 Å². The minimum Gasteiger partial charge on any atom is -0.463 e. The topological polar surface area (TPSA) is 55.4 Å². The molecule has 0 atom stereocenters. The molecule has 1 aromatic rings. The summed E-state index contributed by atoms with van der Waals surface area (Å²) >= 11 is 0. The zero-order chi connectivity index (χ0) is 18.2. The summed E-state index contributed by atoms with van der Waals surface area (Å²) in [5.74, 6) is -0.373. The first-order chi connectivity index (χ1) is 11.2. The number of aryl methyl sites for hydroxylation is 1. The van der Waals surface area contributed by atoms with Gasteiger partial charge < -0.3 is 10.1 Å². The van der Waals surface area contributed by atoms with Gasteiger partial charge >= 0.3 is 5.97 Å². The van der Waals surface area contributed by atoms with E-state index in [9.17, 15) is 9.59 Å². The Kier molecular flexibility index (Phi) is 7.69. The van der Waals surface area contributed by atoms with Crippen LogP contribution in [0.15, 0.2) is 36.4 Å². The van der Waals surface area contributed by atoms with Crippen LogP contribution in [0.5, 0.6) is 0 Å². The largest absolute Gasteiger partial charge is 0.463 e. The van der Waals surface area contributed by atoms with Gasteiger partial charge in [0, 0.05) is 17.7 Å². The predicted octanol–water partition coefficient (Wildman–Crippen LogP) is 4.04. The van der Waals surface area contributed by atoms with Crippen molar-refractivity contribution in [2.24, 2.45) is 5.41 Å². The second-order valence-corrected chi connectivity index (χ2v) is 6.89. The van der Waals surface area contributed by atoms with E-state index in [2.05, 4.69) is 25.7 Å². The van der Waals surface area contributed by atoms with E-state index in [1.165, 1.54) is 0 Å². The molecule has 0 spiro atoms. The first-order valence-corrected chi connectivity index (χ1v) is 8.45. The van der Waals surface area contributed by atoms with Crippen LogP contribution < -0.4 is 5.32 Å². The molecule has 1 amide bonds. The fourth-order valence-electron chi connectivity index (χ4n) is 2.55. The van der Waals surface area contributed by atoms with Crippen LogP contribution in [0.2, 0.25) is 0 Å². The Bertz CT molecular complexity index is 573. The summed E-state index contributed by atoms with van der Waals surface area (Å²) < 4.78 is 4.97. The van der Waals surface area contributed by atoms with Crippen LogP contribution in [-0.2, 0) is 9.53 Å². The minimum absolute atomic E-state index is 0.0521. The number of carbonyl (C=O) groups excluding carboxylic acids is 2. The van der Waals surface area contributed by atoms with Crippen LogP contribution in [0.25, 0.3) is 0 Å². The number of amides is 1. The van der Waals surface area contributed by atoms with Crippen LogP contribution in [0, 0.1) is 12.3 Å². The zero-order valence-electron chi connectivity index (χ0n) is 15.3. The van der Waals surface area contributed by atoms with Gasteiger partial charge in [-0.3, -0.25) is 4.79 Å². The van der Waals surface area contributed by atoms with E-state index in [0.29, 0.717) is 30.7 Å². The fraction of sp³-hybridized carbons (Fsp3) is 0.500. The van der Waals surface area contributed by atoms with Crippen LogP contribution in [-0.4, -0.2) is 25.0 Å². The zero-order valence-corrected chi connectivity index (χ0v) is 15.3. The second kappa shape index (κ2) is 9.26. The number of carbonyl (C=O) groups is 2. The van der Waals surface area contributed by atoms with Gasteiger partial charge in [-0.2, -0.15) is 0 Å². The summed E-state index contributed by atoms with van der Waals surface area (Å²) in [6, 6.07) is 7.52. The van der Waals surface area contributed by atoms with Crippen molar-refractivity contribution < 1.29 is 14.3 Å². The third-order valence-electron chi connectivity index (χ3n) is 3.89. The highest BCUT2D eigenvalue weighted by molar-refractivity contribution is 5.94. The summed E-state index contributed by atoms with van der Waals surface area (Å²) in [6.45, 7) is 12.8. The van der Waals surface area contributed by atoms with E-state index in [4.69, 9.17) is 4.74 Å². The Hall–Kier alpha value is -2.10. The normalized spacial score (nSPS) is 11.0. The van der Waals surface area contributed by atoms with Crippen molar-refractivity contribution in [3.8, 4) is 0 Å². The molecule has 0 saturated carbocycles. The first kappa shape index (κ1) is 19.9. The summed E-state index contributed by atoms with van der Waals surface area (Å²) in [4.78, 5) is 23.7. The molecule has 0 bridgehead atoms. The number of nitrogens with one attached hydrogen (secondary N) is 1. The van der Waals surface area contributed by atoms with Crippen LogP contribution in [0.4, 0.5) is 0 Å². The summed E-state index contributed by atoms with van der Waals surface area (Å²) in [7, 11) is 0. The van der Waals surface area contributed by atoms with Gasteiger partial charge in [-0.25, -0.2) is 4.79 Å². The molecule has 0 heterocycles. The lowest BCUT2D eigenvalue weighted by Crippen LogP contribution is -2.26. The van der Waals surface area contributed by atoms with Crippen molar-refractivity contribution in [1.29, 1.82) is 0 Å². The highest BCUT2D eigenvalue weighted by Gasteiger charge is 2.22. The SMILES string of the molecule is C=C(CC(C)(C)CCCNC(=O)c1ccc(C)cc1)C(=O)OCC. The molecule has 0 aromatic heterocycles. The number of hydrogen-bond donors (Lipinski definition) is 1. The maximum atomic E-state index is 12.0. The smallest absolute Gasteiger partial charge is 0.333 e. The van der Waals surface area contributed by atoms with E-state index in [-0.39, 0.29) is 17.3 Å². The Morgan fingerprint density at radius 2 is 1.83 bits per heavy atom. The van der Waals surface area contributed by atoms with Crippen molar-refractivity contribution >= 4 is 11.9 Å². The molecule has 0 aliphatic rings.